The van der Waals surface area contributed by atoms with Crippen LogP contribution in [0.5, 0.6) is 5.75 Å². The van der Waals surface area contributed by atoms with Gasteiger partial charge >= 0.3 is 0 Å². The number of rotatable bonds is 7. The van der Waals surface area contributed by atoms with Crippen molar-refractivity contribution in [3.63, 3.8) is 0 Å². The molecule has 0 fully saturated rings. The topological polar surface area (TPSA) is 85.4 Å². The first kappa shape index (κ1) is 20.9. The number of nitrogens with one attached hydrogen (secondary N) is 3. The molecule has 0 aliphatic carbocycles. The molecule has 6 nitrogen and oxygen atoms in total. The molecule has 6 heteroatoms. The monoisotopic (exact) mass is 416 g/mol. The molecule has 3 aromatic rings. The zero-order chi connectivity index (χ0) is 22.0. The second kappa shape index (κ2) is 8.79. The number of aliphatic hydroxyl groups excluding tert-OH is 1. The summed E-state index contributed by atoms with van der Waals surface area (Å²) in [4.78, 5) is 11.7. The van der Waals surface area contributed by atoms with Crippen LogP contribution in [0, 0.1) is 13.8 Å². The van der Waals surface area contributed by atoms with E-state index in [0.717, 1.165) is 49.5 Å². The fourth-order valence-corrected chi connectivity index (χ4v) is 4.10. The molecule has 1 aliphatic heterocycles. The molecule has 0 amide bonds. The van der Waals surface area contributed by atoms with Crippen LogP contribution in [0.4, 0.5) is 0 Å². The molecule has 0 saturated heterocycles. The normalized spacial score (nSPS) is 15.2. The van der Waals surface area contributed by atoms with Gasteiger partial charge in [0.1, 0.15) is 5.75 Å². The number of aliphatic hydroxyl groups is 1. The fraction of sp³-hybridized carbons (Fsp3) is 0.240. The average molecular weight is 417 g/mol. The van der Waals surface area contributed by atoms with Crippen LogP contribution in [0.1, 0.15) is 22.5 Å². The first-order valence-electron chi connectivity index (χ1n) is 10.3. The van der Waals surface area contributed by atoms with Crippen molar-refractivity contribution in [1.82, 2.24) is 15.3 Å². The second-order valence-corrected chi connectivity index (χ2v) is 7.65. The number of nitrogens with zero attached hydrogens (tertiary/aromatic N) is 1. The highest BCUT2D eigenvalue weighted by atomic mass is 16.5. The van der Waals surface area contributed by atoms with Crippen molar-refractivity contribution in [2.24, 2.45) is 4.99 Å². The number of H-pyrrole nitrogens is 2. The van der Waals surface area contributed by atoms with Gasteiger partial charge in [-0.2, -0.15) is 0 Å². The lowest BCUT2D eigenvalue weighted by atomic mass is 10.1. The summed E-state index contributed by atoms with van der Waals surface area (Å²) in [5.41, 5.74) is 5.84. The molecule has 4 rings (SSSR count). The maximum absolute atomic E-state index is 10.2. The van der Waals surface area contributed by atoms with Crippen molar-refractivity contribution in [3.8, 4) is 5.75 Å². The number of aromatic amines is 2. The third-order valence-electron chi connectivity index (χ3n) is 5.50. The number of hydrogen-bond donors (Lipinski definition) is 4. The summed E-state index contributed by atoms with van der Waals surface area (Å²) in [6.07, 6.45) is 3.85. The van der Waals surface area contributed by atoms with Gasteiger partial charge in [0.25, 0.3) is 0 Å². The molecule has 0 spiro atoms. The van der Waals surface area contributed by atoms with Crippen LogP contribution in [-0.2, 0) is 6.61 Å². The van der Waals surface area contributed by atoms with E-state index >= 15 is 0 Å². The largest absolute Gasteiger partial charge is 0.494 e. The van der Waals surface area contributed by atoms with Crippen LogP contribution >= 0.6 is 0 Å². The van der Waals surface area contributed by atoms with Gasteiger partial charge in [-0.1, -0.05) is 24.3 Å². The van der Waals surface area contributed by atoms with Gasteiger partial charge in [0.05, 0.1) is 35.5 Å². The number of para-hydroxylation sites is 1. The van der Waals surface area contributed by atoms with Crippen molar-refractivity contribution >= 4 is 17.3 Å². The van der Waals surface area contributed by atoms with E-state index in [-0.39, 0.29) is 6.61 Å². The molecular formula is C25H28N4O2. The van der Waals surface area contributed by atoms with Gasteiger partial charge in [0, 0.05) is 40.8 Å². The molecule has 0 bridgehead atoms. The molecule has 160 valence electrons. The lowest BCUT2D eigenvalue weighted by molar-refractivity contribution is 0.273. The van der Waals surface area contributed by atoms with Gasteiger partial charge in [-0.3, -0.25) is 0 Å². The van der Waals surface area contributed by atoms with E-state index in [1.165, 1.54) is 0 Å². The standard InChI is InChI=1S/C25H28N4O2/c1-5-10-26-13-18-17-8-6-7-9-20(17)28-23(18)24-19(14-30)25(31-4)22(29-24)12-21-15(2)11-16(3)27-21/h5-9,11-12,26-27,29-30H,1,10,13-14H2,2-4H3/b22-12-,24-23?. The van der Waals surface area contributed by atoms with E-state index in [9.17, 15) is 5.11 Å². The number of aromatic nitrogens is 2. The molecule has 3 heterocycles. The molecule has 0 radical (unpaired) electrons. The predicted molar refractivity (Wildman–Crippen MR) is 123 cm³/mol. The molecule has 2 aromatic heterocycles. The molecule has 1 aliphatic rings. The van der Waals surface area contributed by atoms with Gasteiger partial charge in [-0.15, -0.1) is 6.58 Å². The van der Waals surface area contributed by atoms with Gasteiger partial charge in [-0.25, -0.2) is 4.99 Å². The van der Waals surface area contributed by atoms with E-state index in [1.807, 2.05) is 37.3 Å². The van der Waals surface area contributed by atoms with Crippen LogP contribution in [0.3, 0.4) is 0 Å². The van der Waals surface area contributed by atoms with Crippen LogP contribution < -0.4 is 31.3 Å². The van der Waals surface area contributed by atoms with Crippen LogP contribution in [0.2, 0.25) is 0 Å². The zero-order valence-electron chi connectivity index (χ0n) is 18.2. The first-order chi connectivity index (χ1) is 15.1. The van der Waals surface area contributed by atoms with Crippen LogP contribution in [0.25, 0.3) is 17.3 Å². The van der Waals surface area contributed by atoms with Crippen LogP contribution in [0.15, 0.2) is 48.0 Å². The maximum Gasteiger partial charge on any atom is 0.150 e. The third kappa shape index (κ3) is 3.87. The van der Waals surface area contributed by atoms with Crippen molar-refractivity contribution in [3.05, 3.63) is 86.8 Å². The van der Waals surface area contributed by atoms with Gasteiger partial charge in [0.15, 0.2) is 0 Å². The SMILES string of the molecule is C=CCNCC1=c2ccccc2=NC1=c1[nH]/c(=C\c2[nH]c(C)cc2C)c(OC)c1CO. The van der Waals surface area contributed by atoms with Gasteiger partial charge in [-0.05, 0) is 37.6 Å². The molecule has 0 atom stereocenters. The molecule has 0 saturated carbocycles. The lowest BCUT2D eigenvalue weighted by Crippen LogP contribution is -2.27. The highest BCUT2D eigenvalue weighted by Crippen LogP contribution is 2.17. The fourth-order valence-electron chi connectivity index (χ4n) is 4.10. The number of aryl methyl sites for hydroxylation is 2. The quantitative estimate of drug-likeness (QED) is 0.337. The third-order valence-corrected chi connectivity index (χ3v) is 5.50. The minimum Gasteiger partial charge on any atom is -0.494 e. The maximum atomic E-state index is 10.2. The number of fused-ring (bicyclic) bond motifs is 1. The molecule has 4 N–H and O–H groups in total. The van der Waals surface area contributed by atoms with Crippen molar-refractivity contribution in [2.75, 3.05) is 20.2 Å². The van der Waals surface area contributed by atoms with E-state index in [4.69, 9.17) is 9.73 Å². The first-order valence-corrected chi connectivity index (χ1v) is 10.3. The van der Waals surface area contributed by atoms with E-state index < -0.39 is 0 Å². The Balaban J connectivity index is 2.01. The summed E-state index contributed by atoms with van der Waals surface area (Å²) in [5, 5.41) is 17.2. The van der Waals surface area contributed by atoms with E-state index in [1.54, 1.807) is 7.11 Å². The summed E-state index contributed by atoms with van der Waals surface area (Å²) >= 11 is 0. The minimum atomic E-state index is -0.158. The van der Waals surface area contributed by atoms with Crippen molar-refractivity contribution in [1.29, 1.82) is 0 Å². The van der Waals surface area contributed by atoms with Crippen molar-refractivity contribution < 1.29 is 9.84 Å². The summed E-state index contributed by atoms with van der Waals surface area (Å²) in [6, 6.07) is 10.2. The van der Waals surface area contributed by atoms with E-state index in [0.29, 0.717) is 24.4 Å². The minimum absolute atomic E-state index is 0.158. The summed E-state index contributed by atoms with van der Waals surface area (Å²) in [7, 11) is 1.62. The Morgan fingerprint density at radius 3 is 2.71 bits per heavy atom. The summed E-state index contributed by atoms with van der Waals surface area (Å²) < 4.78 is 5.71. The summed E-state index contributed by atoms with van der Waals surface area (Å²) in [6.45, 7) is 9.06. The molecule has 1 aromatic carbocycles. The molecular weight excluding hydrogens is 388 g/mol. The number of hydrogen-bond acceptors (Lipinski definition) is 4. The van der Waals surface area contributed by atoms with Crippen molar-refractivity contribution in [2.45, 2.75) is 20.5 Å². The Morgan fingerprint density at radius 1 is 1.23 bits per heavy atom. The Bertz CT molecular complexity index is 1380. The second-order valence-electron chi connectivity index (χ2n) is 7.65. The molecule has 31 heavy (non-hydrogen) atoms. The van der Waals surface area contributed by atoms with Gasteiger partial charge < -0.3 is 25.1 Å². The van der Waals surface area contributed by atoms with Gasteiger partial charge in [0.2, 0.25) is 0 Å². The Hall–Kier alpha value is -3.35. The van der Waals surface area contributed by atoms with Crippen LogP contribution in [-0.4, -0.2) is 35.3 Å². The Morgan fingerprint density at radius 2 is 2.03 bits per heavy atom. The summed E-state index contributed by atoms with van der Waals surface area (Å²) in [5.74, 6) is 0.626. The Kier molecular flexibility index (Phi) is 5.93. The lowest BCUT2D eigenvalue weighted by Gasteiger charge is -2.06. The van der Waals surface area contributed by atoms with E-state index in [2.05, 4.69) is 40.9 Å². The average Bonchev–Trinajstić information content (AvgIpc) is 3.40. The Labute approximate surface area is 181 Å². The smallest absolute Gasteiger partial charge is 0.150 e. The number of benzene rings is 1. The highest BCUT2D eigenvalue weighted by molar-refractivity contribution is 5.90. The highest BCUT2D eigenvalue weighted by Gasteiger charge is 2.19. The number of ether oxygens (including phenoxy) is 1. The predicted octanol–water partition coefficient (Wildman–Crippen LogP) is 0.657. The zero-order valence-corrected chi connectivity index (χ0v) is 18.2. The molecule has 0 unspecified atom stereocenters. The number of methoxy groups -OCH3 is 1.